The first kappa shape index (κ1) is 14.6. The van der Waals surface area contributed by atoms with Gasteiger partial charge in [-0.15, -0.1) is 11.3 Å². The van der Waals surface area contributed by atoms with Gasteiger partial charge in [-0.2, -0.15) is 0 Å². The Morgan fingerprint density at radius 3 is 2.47 bits per heavy atom. The molecule has 0 atom stereocenters. The second-order valence-corrected chi connectivity index (χ2v) is 7.22. The lowest BCUT2D eigenvalue weighted by atomic mass is 10.2. The van der Waals surface area contributed by atoms with E-state index in [-0.39, 0.29) is 0 Å². The first-order valence-corrected chi connectivity index (χ1v) is 7.94. The van der Waals surface area contributed by atoms with Crippen LogP contribution in [0.5, 0.6) is 5.75 Å². The summed E-state index contributed by atoms with van der Waals surface area (Å²) in [6, 6.07) is 12.9. The van der Waals surface area contributed by atoms with Crippen LogP contribution in [0.3, 0.4) is 0 Å². The van der Waals surface area contributed by atoms with Crippen molar-refractivity contribution in [1.29, 1.82) is 0 Å². The predicted octanol–water partition coefficient (Wildman–Crippen LogP) is 4.59. The lowest BCUT2D eigenvalue weighted by molar-refractivity contribution is 0.309. The molecule has 1 N–H and O–H groups in total. The van der Waals surface area contributed by atoms with Gasteiger partial charge in [0.25, 0.3) is 0 Å². The van der Waals surface area contributed by atoms with Crippen LogP contribution in [0.2, 0.25) is 0 Å². The quantitative estimate of drug-likeness (QED) is 0.831. The van der Waals surface area contributed by atoms with E-state index in [1.165, 1.54) is 10.4 Å². The van der Waals surface area contributed by atoms with Crippen LogP contribution in [-0.4, -0.2) is 6.04 Å². The Bertz CT molecular complexity index is 507. The molecule has 102 valence electrons. The minimum Gasteiger partial charge on any atom is -0.488 e. The van der Waals surface area contributed by atoms with Crippen molar-refractivity contribution >= 4 is 27.3 Å². The molecule has 1 aromatic heterocycles. The van der Waals surface area contributed by atoms with E-state index in [1.807, 2.05) is 18.2 Å². The Morgan fingerprint density at radius 1 is 1.16 bits per heavy atom. The van der Waals surface area contributed by atoms with E-state index in [0.29, 0.717) is 12.6 Å². The lowest BCUT2D eigenvalue weighted by Gasteiger charge is -2.09. The van der Waals surface area contributed by atoms with Crippen LogP contribution in [0, 0.1) is 0 Å². The maximum atomic E-state index is 5.76. The zero-order valence-electron chi connectivity index (χ0n) is 11.2. The summed E-state index contributed by atoms with van der Waals surface area (Å²) in [6.07, 6.45) is 0. The van der Waals surface area contributed by atoms with Crippen molar-refractivity contribution in [3.05, 3.63) is 50.6 Å². The molecule has 0 unspecified atom stereocenters. The van der Waals surface area contributed by atoms with Gasteiger partial charge < -0.3 is 10.1 Å². The highest BCUT2D eigenvalue weighted by Gasteiger charge is 2.00. The van der Waals surface area contributed by atoms with Crippen molar-refractivity contribution in [3.63, 3.8) is 0 Å². The first-order chi connectivity index (χ1) is 9.13. The van der Waals surface area contributed by atoms with Crippen molar-refractivity contribution in [2.24, 2.45) is 0 Å². The predicted molar refractivity (Wildman–Crippen MR) is 84.8 cm³/mol. The highest BCUT2D eigenvalue weighted by Crippen LogP contribution is 2.23. The van der Waals surface area contributed by atoms with Crippen LogP contribution in [0.4, 0.5) is 0 Å². The van der Waals surface area contributed by atoms with Crippen LogP contribution < -0.4 is 10.1 Å². The Kier molecular flexibility index (Phi) is 5.43. The number of halogens is 1. The second kappa shape index (κ2) is 7.08. The maximum absolute atomic E-state index is 5.76. The molecule has 2 rings (SSSR count). The van der Waals surface area contributed by atoms with Gasteiger partial charge in [0.05, 0.1) is 3.79 Å². The number of nitrogens with one attached hydrogen (secondary N) is 1. The highest BCUT2D eigenvalue weighted by atomic mass is 79.9. The number of ether oxygens (including phenoxy) is 1. The third-order valence-electron chi connectivity index (χ3n) is 2.65. The van der Waals surface area contributed by atoms with Gasteiger partial charge in [-0.25, -0.2) is 0 Å². The smallest absolute Gasteiger partial charge is 0.122 e. The molecule has 1 heterocycles. The summed E-state index contributed by atoms with van der Waals surface area (Å²) in [5.74, 6) is 0.915. The highest BCUT2D eigenvalue weighted by molar-refractivity contribution is 9.11. The largest absolute Gasteiger partial charge is 0.488 e. The van der Waals surface area contributed by atoms with Gasteiger partial charge in [0.1, 0.15) is 12.4 Å². The van der Waals surface area contributed by atoms with Gasteiger partial charge in [0, 0.05) is 17.5 Å². The van der Waals surface area contributed by atoms with E-state index in [0.717, 1.165) is 16.1 Å². The van der Waals surface area contributed by atoms with Crippen LogP contribution in [-0.2, 0) is 13.2 Å². The van der Waals surface area contributed by atoms with Crippen LogP contribution in [0.1, 0.15) is 24.3 Å². The molecule has 2 aromatic rings. The summed E-state index contributed by atoms with van der Waals surface area (Å²) < 4.78 is 6.90. The normalized spacial score (nSPS) is 10.9. The number of hydrogen-bond donors (Lipinski definition) is 1. The van der Waals surface area contributed by atoms with Crippen molar-refractivity contribution < 1.29 is 4.74 Å². The van der Waals surface area contributed by atoms with Crippen molar-refractivity contribution in [2.45, 2.75) is 33.0 Å². The molecule has 0 saturated heterocycles. The van der Waals surface area contributed by atoms with E-state index in [1.54, 1.807) is 11.3 Å². The molecular formula is C15H18BrNOS. The monoisotopic (exact) mass is 339 g/mol. The van der Waals surface area contributed by atoms with E-state index in [2.05, 4.69) is 53.3 Å². The summed E-state index contributed by atoms with van der Waals surface area (Å²) in [7, 11) is 0. The van der Waals surface area contributed by atoms with E-state index < -0.39 is 0 Å². The zero-order valence-corrected chi connectivity index (χ0v) is 13.6. The number of rotatable bonds is 6. The Labute approximate surface area is 126 Å². The van der Waals surface area contributed by atoms with Gasteiger partial charge in [-0.3, -0.25) is 0 Å². The molecule has 4 heteroatoms. The summed E-state index contributed by atoms with van der Waals surface area (Å²) in [4.78, 5) is 1.22. The van der Waals surface area contributed by atoms with Gasteiger partial charge in [-0.1, -0.05) is 26.0 Å². The number of thiophene rings is 1. The fraction of sp³-hybridized carbons (Fsp3) is 0.333. The van der Waals surface area contributed by atoms with Crippen molar-refractivity contribution in [2.75, 3.05) is 0 Å². The lowest BCUT2D eigenvalue weighted by Crippen LogP contribution is -2.21. The molecule has 19 heavy (non-hydrogen) atoms. The van der Waals surface area contributed by atoms with Crippen LogP contribution in [0.25, 0.3) is 0 Å². The first-order valence-electron chi connectivity index (χ1n) is 6.33. The minimum absolute atomic E-state index is 0.508. The van der Waals surface area contributed by atoms with Crippen molar-refractivity contribution in [3.8, 4) is 5.75 Å². The molecule has 0 saturated carbocycles. The van der Waals surface area contributed by atoms with E-state index in [9.17, 15) is 0 Å². The summed E-state index contributed by atoms with van der Waals surface area (Å²) in [5, 5.41) is 3.40. The molecule has 0 radical (unpaired) electrons. The minimum atomic E-state index is 0.508. The molecule has 0 aliphatic rings. The van der Waals surface area contributed by atoms with E-state index in [4.69, 9.17) is 4.74 Å². The molecule has 0 fully saturated rings. The van der Waals surface area contributed by atoms with Crippen molar-refractivity contribution in [1.82, 2.24) is 5.32 Å². The topological polar surface area (TPSA) is 21.3 Å². The Morgan fingerprint density at radius 2 is 1.89 bits per heavy atom. The third-order valence-corrected chi connectivity index (χ3v) is 4.24. The average molecular weight is 340 g/mol. The standard InChI is InChI=1S/C15H18BrNOS/c1-11(2)17-9-12-3-5-13(6-4-12)18-10-14-7-8-15(16)19-14/h3-8,11,17H,9-10H2,1-2H3. The van der Waals surface area contributed by atoms with Gasteiger partial charge in [0.15, 0.2) is 0 Å². The molecule has 0 spiro atoms. The molecule has 0 aliphatic heterocycles. The summed E-state index contributed by atoms with van der Waals surface area (Å²) >= 11 is 5.16. The fourth-order valence-electron chi connectivity index (χ4n) is 1.61. The number of hydrogen-bond acceptors (Lipinski definition) is 3. The Hall–Kier alpha value is -0.840. The summed E-state index contributed by atoms with van der Waals surface area (Å²) in [5.41, 5.74) is 1.28. The zero-order chi connectivity index (χ0) is 13.7. The second-order valence-electron chi connectivity index (χ2n) is 4.67. The molecule has 0 amide bonds. The van der Waals surface area contributed by atoms with Gasteiger partial charge in [0.2, 0.25) is 0 Å². The molecular weight excluding hydrogens is 322 g/mol. The van der Waals surface area contributed by atoms with Gasteiger partial charge in [-0.05, 0) is 45.8 Å². The average Bonchev–Trinajstić information content (AvgIpc) is 2.81. The van der Waals surface area contributed by atoms with Crippen LogP contribution in [0.15, 0.2) is 40.2 Å². The summed E-state index contributed by atoms with van der Waals surface area (Å²) in [6.45, 7) is 5.82. The Balaban J connectivity index is 1.84. The third kappa shape index (κ3) is 4.97. The molecule has 0 aliphatic carbocycles. The van der Waals surface area contributed by atoms with Gasteiger partial charge >= 0.3 is 0 Å². The van der Waals surface area contributed by atoms with Crippen LogP contribution >= 0.6 is 27.3 Å². The molecule has 1 aromatic carbocycles. The molecule has 2 nitrogen and oxygen atoms in total. The fourth-order valence-corrected chi connectivity index (χ4v) is 3.01. The SMILES string of the molecule is CC(C)NCc1ccc(OCc2ccc(Br)s2)cc1. The van der Waals surface area contributed by atoms with E-state index >= 15 is 0 Å². The number of benzene rings is 1. The molecule has 0 bridgehead atoms. The maximum Gasteiger partial charge on any atom is 0.122 e.